The summed E-state index contributed by atoms with van der Waals surface area (Å²) in [5.41, 5.74) is 1.16. The van der Waals surface area contributed by atoms with Gasteiger partial charge < -0.3 is 9.64 Å². The predicted octanol–water partition coefficient (Wildman–Crippen LogP) is 4.23. The maximum atomic E-state index is 12.6. The highest BCUT2D eigenvalue weighted by atomic mass is 16.5. The second-order valence-corrected chi connectivity index (χ2v) is 6.81. The van der Waals surface area contributed by atoms with Gasteiger partial charge in [0.15, 0.2) is 6.10 Å². The average Bonchev–Trinajstić information content (AvgIpc) is 2.71. The number of likely N-dealkylation sites (tertiary alicyclic amines) is 1. The van der Waals surface area contributed by atoms with Gasteiger partial charge in [0.1, 0.15) is 5.75 Å². The molecule has 1 heterocycles. The van der Waals surface area contributed by atoms with Crippen LogP contribution in [0.2, 0.25) is 0 Å². The quantitative estimate of drug-likeness (QED) is 0.833. The van der Waals surface area contributed by atoms with Gasteiger partial charge in [-0.1, -0.05) is 39.0 Å². The van der Waals surface area contributed by atoms with Crippen molar-refractivity contribution in [3.63, 3.8) is 0 Å². The van der Waals surface area contributed by atoms with E-state index in [1.54, 1.807) is 0 Å². The normalized spacial score (nSPS) is 20.6. The van der Waals surface area contributed by atoms with Crippen LogP contribution in [-0.2, 0) is 4.79 Å². The third-order valence-corrected chi connectivity index (χ3v) is 4.52. The fraction of sp³-hybridized carbons (Fsp3) is 0.632. The minimum Gasteiger partial charge on any atom is -0.481 e. The van der Waals surface area contributed by atoms with Crippen LogP contribution >= 0.6 is 0 Å². The monoisotopic (exact) mass is 303 g/mol. The van der Waals surface area contributed by atoms with Gasteiger partial charge in [-0.2, -0.15) is 0 Å². The Hall–Kier alpha value is -1.51. The summed E-state index contributed by atoms with van der Waals surface area (Å²) in [5, 5.41) is 0. The number of nitrogens with zero attached hydrogens (tertiary/aromatic N) is 1. The Labute approximate surface area is 134 Å². The van der Waals surface area contributed by atoms with Crippen molar-refractivity contribution < 1.29 is 9.53 Å². The molecule has 2 unspecified atom stereocenters. The van der Waals surface area contributed by atoms with Crippen molar-refractivity contribution in [2.45, 2.75) is 59.0 Å². The molecule has 1 aliphatic rings. The smallest absolute Gasteiger partial charge is 0.263 e. The number of carbonyl (C=O) groups is 1. The lowest BCUT2D eigenvalue weighted by atomic mass is 10.0. The second kappa shape index (κ2) is 7.66. The predicted molar refractivity (Wildman–Crippen MR) is 90.2 cm³/mol. The van der Waals surface area contributed by atoms with Crippen molar-refractivity contribution in [3.8, 4) is 5.75 Å². The SMILES string of the molecule is CC1CCCN(C(=O)C(C)Oc2ccccc2C(C)C)CC1. The molecule has 22 heavy (non-hydrogen) atoms. The summed E-state index contributed by atoms with van der Waals surface area (Å²) in [6, 6.07) is 8.02. The number of para-hydroxylation sites is 1. The molecule has 0 spiro atoms. The largest absolute Gasteiger partial charge is 0.481 e. The fourth-order valence-electron chi connectivity index (χ4n) is 3.05. The molecule has 0 saturated carbocycles. The molecule has 2 atom stereocenters. The third-order valence-electron chi connectivity index (χ3n) is 4.52. The number of hydrogen-bond acceptors (Lipinski definition) is 2. The van der Waals surface area contributed by atoms with Crippen LogP contribution in [0.4, 0.5) is 0 Å². The summed E-state index contributed by atoms with van der Waals surface area (Å²) in [7, 11) is 0. The Morgan fingerprint density at radius 2 is 1.91 bits per heavy atom. The van der Waals surface area contributed by atoms with Gasteiger partial charge >= 0.3 is 0 Å². The molecule has 122 valence electrons. The molecule has 3 nitrogen and oxygen atoms in total. The van der Waals surface area contributed by atoms with Crippen LogP contribution in [0.1, 0.15) is 58.4 Å². The fourth-order valence-corrected chi connectivity index (χ4v) is 3.05. The van der Waals surface area contributed by atoms with E-state index in [4.69, 9.17) is 4.74 Å². The Morgan fingerprint density at radius 3 is 2.64 bits per heavy atom. The number of ether oxygens (including phenoxy) is 1. The molecule has 0 radical (unpaired) electrons. The van der Waals surface area contributed by atoms with E-state index in [1.807, 2.05) is 30.0 Å². The minimum atomic E-state index is -0.423. The van der Waals surface area contributed by atoms with Gasteiger partial charge in [0, 0.05) is 13.1 Å². The van der Waals surface area contributed by atoms with Crippen molar-refractivity contribution in [2.75, 3.05) is 13.1 Å². The van der Waals surface area contributed by atoms with Gasteiger partial charge in [0.25, 0.3) is 5.91 Å². The van der Waals surface area contributed by atoms with Crippen molar-refractivity contribution in [1.29, 1.82) is 0 Å². The van der Waals surface area contributed by atoms with Crippen LogP contribution in [0.5, 0.6) is 5.75 Å². The molecule has 1 aromatic rings. The van der Waals surface area contributed by atoms with Gasteiger partial charge in [-0.3, -0.25) is 4.79 Å². The van der Waals surface area contributed by atoms with E-state index >= 15 is 0 Å². The molecule has 0 N–H and O–H groups in total. The van der Waals surface area contributed by atoms with Crippen LogP contribution < -0.4 is 4.74 Å². The van der Waals surface area contributed by atoms with Gasteiger partial charge in [-0.25, -0.2) is 0 Å². The topological polar surface area (TPSA) is 29.5 Å². The second-order valence-electron chi connectivity index (χ2n) is 6.81. The highest BCUT2D eigenvalue weighted by molar-refractivity contribution is 5.81. The summed E-state index contributed by atoms with van der Waals surface area (Å²) in [6.45, 7) is 10.2. The molecular weight excluding hydrogens is 274 g/mol. The standard InChI is InChI=1S/C19H29NO2/c1-14(2)17-9-5-6-10-18(17)22-16(4)19(21)20-12-7-8-15(3)11-13-20/h5-6,9-10,14-16H,7-8,11-13H2,1-4H3. The molecule has 0 aromatic heterocycles. The lowest BCUT2D eigenvalue weighted by Gasteiger charge is -2.25. The number of amides is 1. The molecule has 1 aliphatic heterocycles. The van der Waals surface area contributed by atoms with Crippen molar-refractivity contribution in [3.05, 3.63) is 29.8 Å². The molecule has 2 rings (SSSR count). The van der Waals surface area contributed by atoms with E-state index in [0.29, 0.717) is 5.92 Å². The maximum absolute atomic E-state index is 12.6. The molecular formula is C19H29NO2. The van der Waals surface area contributed by atoms with Crippen LogP contribution in [-0.4, -0.2) is 30.0 Å². The maximum Gasteiger partial charge on any atom is 0.263 e. The summed E-state index contributed by atoms with van der Waals surface area (Å²) >= 11 is 0. The molecule has 0 bridgehead atoms. The first-order chi connectivity index (χ1) is 10.5. The summed E-state index contributed by atoms with van der Waals surface area (Å²) < 4.78 is 6.00. The molecule has 1 amide bonds. The highest BCUT2D eigenvalue weighted by Gasteiger charge is 2.25. The average molecular weight is 303 g/mol. The van der Waals surface area contributed by atoms with Gasteiger partial charge in [0.2, 0.25) is 0 Å². The first-order valence-corrected chi connectivity index (χ1v) is 8.53. The van der Waals surface area contributed by atoms with Crippen molar-refractivity contribution in [1.82, 2.24) is 4.90 Å². The van der Waals surface area contributed by atoms with E-state index in [-0.39, 0.29) is 5.91 Å². The number of rotatable bonds is 4. The first kappa shape index (κ1) is 16.9. The van der Waals surface area contributed by atoms with Crippen LogP contribution in [0.15, 0.2) is 24.3 Å². The van der Waals surface area contributed by atoms with Gasteiger partial charge in [-0.05, 0) is 49.7 Å². The minimum absolute atomic E-state index is 0.118. The summed E-state index contributed by atoms with van der Waals surface area (Å²) in [6.07, 6.45) is 2.99. The molecule has 0 aliphatic carbocycles. The lowest BCUT2D eigenvalue weighted by Crippen LogP contribution is -2.41. The van der Waals surface area contributed by atoms with Gasteiger partial charge in [0.05, 0.1) is 0 Å². The van der Waals surface area contributed by atoms with E-state index in [2.05, 4.69) is 26.8 Å². The summed E-state index contributed by atoms with van der Waals surface area (Å²) in [4.78, 5) is 14.6. The number of hydrogen-bond donors (Lipinski definition) is 0. The summed E-state index contributed by atoms with van der Waals surface area (Å²) in [5.74, 6) is 2.06. The molecule has 3 heteroatoms. The highest BCUT2D eigenvalue weighted by Crippen LogP contribution is 2.27. The van der Waals surface area contributed by atoms with E-state index < -0.39 is 6.10 Å². The van der Waals surface area contributed by atoms with Crippen LogP contribution in [0.25, 0.3) is 0 Å². The van der Waals surface area contributed by atoms with Crippen LogP contribution in [0.3, 0.4) is 0 Å². The van der Waals surface area contributed by atoms with Crippen molar-refractivity contribution in [2.24, 2.45) is 5.92 Å². The Kier molecular flexibility index (Phi) is 5.87. The van der Waals surface area contributed by atoms with E-state index in [9.17, 15) is 4.79 Å². The zero-order valence-corrected chi connectivity index (χ0v) is 14.3. The molecule has 1 saturated heterocycles. The molecule has 1 fully saturated rings. The Bertz CT molecular complexity index is 498. The Balaban J connectivity index is 2.02. The zero-order valence-electron chi connectivity index (χ0n) is 14.3. The molecule has 1 aromatic carbocycles. The third kappa shape index (κ3) is 4.25. The van der Waals surface area contributed by atoms with Crippen LogP contribution in [0, 0.1) is 5.92 Å². The number of benzene rings is 1. The van der Waals surface area contributed by atoms with E-state index in [1.165, 1.54) is 6.42 Å². The zero-order chi connectivity index (χ0) is 16.1. The van der Waals surface area contributed by atoms with Crippen molar-refractivity contribution >= 4 is 5.91 Å². The number of carbonyl (C=O) groups excluding carboxylic acids is 1. The van der Waals surface area contributed by atoms with Gasteiger partial charge in [-0.15, -0.1) is 0 Å². The Morgan fingerprint density at radius 1 is 1.18 bits per heavy atom. The lowest BCUT2D eigenvalue weighted by molar-refractivity contribution is -0.137. The van der Waals surface area contributed by atoms with E-state index in [0.717, 1.165) is 43.2 Å². The first-order valence-electron chi connectivity index (χ1n) is 8.53.